The molecule has 0 aliphatic carbocycles. The Balaban J connectivity index is 2.89. The predicted molar refractivity (Wildman–Crippen MR) is 46.4 cm³/mol. The normalized spacial score (nSPS) is 10.4. The molecule has 1 amide bonds. The molecule has 0 saturated carbocycles. The van der Waals surface area contributed by atoms with Crippen LogP contribution in [0.1, 0.15) is 12.5 Å². The van der Waals surface area contributed by atoms with E-state index in [0.717, 1.165) is 0 Å². The summed E-state index contributed by atoms with van der Waals surface area (Å²) >= 11 is 0. The number of phenols is 1. The highest BCUT2D eigenvalue weighted by atomic mass is 16.3. The molecule has 1 N–H and O–H groups in total. The van der Waals surface area contributed by atoms with E-state index in [9.17, 15) is 9.90 Å². The van der Waals surface area contributed by atoms with Crippen molar-refractivity contribution >= 4 is 12.1 Å². The van der Waals surface area contributed by atoms with Crippen LogP contribution in [0.4, 0.5) is 0 Å². The standard InChI is InChI=1S/C9H9NO2/c1-7(11)10-6-8-4-2-3-5-9(8)12/h2-6,12H,1H3. The molecule has 0 fully saturated rings. The Labute approximate surface area is 70.4 Å². The SMILES string of the molecule is CC(=O)N=Cc1ccccc1O. The van der Waals surface area contributed by atoms with Gasteiger partial charge in [-0.2, -0.15) is 0 Å². The van der Waals surface area contributed by atoms with E-state index in [4.69, 9.17) is 0 Å². The second-order valence-electron chi connectivity index (χ2n) is 2.34. The average Bonchev–Trinajstić information content (AvgIpc) is 2.03. The first-order chi connectivity index (χ1) is 5.70. The number of aromatic hydroxyl groups is 1. The number of carbonyl (C=O) groups is 1. The number of hydrogen-bond acceptors (Lipinski definition) is 2. The van der Waals surface area contributed by atoms with Crippen LogP contribution in [0, 0.1) is 0 Å². The molecule has 0 aliphatic rings. The third kappa shape index (κ3) is 2.20. The minimum atomic E-state index is -0.279. The number of rotatable bonds is 1. The van der Waals surface area contributed by atoms with Crippen LogP contribution in [0.15, 0.2) is 29.3 Å². The highest BCUT2D eigenvalue weighted by Crippen LogP contribution is 2.12. The summed E-state index contributed by atoms with van der Waals surface area (Å²) in [5, 5.41) is 9.22. The summed E-state index contributed by atoms with van der Waals surface area (Å²) in [5.74, 6) is -0.152. The van der Waals surface area contributed by atoms with Gasteiger partial charge in [-0.1, -0.05) is 12.1 Å². The zero-order valence-electron chi connectivity index (χ0n) is 6.69. The van der Waals surface area contributed by atoms with Crippen molar-refractivity contribution in [2.24, 2.45) is 4.99 Å². The maximum absolute atomic E-state index is 10.4. The van der Waals surface area contributed by atoms with Crippen LogP contribution in [0.3, 0.4) is 0 Å². The van der Waals surface area contributed by atoms with Crippen LogP contribution in [-0.4, -0.2) is 17.2 Å². The van der Waals surface area contributed by atoms with Gasteiger partial charge in [-0.3, -0.25) is 4.79 Å². The zero-order chi connectivity index (χ0) is 8.97. The highest BCUT2D eigenvalue weighted by Gasteiger charge is 1.94. The Bertz CT molecular complexity index is 318. The maximum atomic E-state index is 10.4. The van der Waals surface area contributed by atoms with Gasteiger partial charge in [-0.05, 0) is 12.1 Å². The minimum Gasteiger partial charge on any atom is -0.507 e. The summed E-state index contributed by atoms with van der Waals surface area (Å²) in [6.07, 6.45) is 1.34. The Kier molecular flexibility index (Phi) is 2.58. The second kappa shape index (κ2) is 3.67. The van der Waals surface area contributed by atoms with Crippen molar-refractivity contribution in [1.29, 1.82) is 0 Å². The van der Waals surface area contributed by atoms with E-state index in [2.05, 4.69) is 4.99 Å². The molecule has 12 heavy (non-hydrogen) atoms. The first kappa shape index (κ1) is 8.46. The van der Waals surface area contributed by atoms with Gasteiger partial charge in [0.15, 0.2) is 0 Å². The van der Waals surface area contributed by atoms with E-state index in [1.807, 2.05) is 0 Å². The van der Waals surface area contributed by atoms with Crippen molar-refractivity contribution in [3.05, 3.63) is 29.8 Å². The summed E-state index contributed by atoms with van der Waals surface area (Å²) < 4.78 is 0. The third-order valence-electron chi connectivity index (χ3n) is 1.32. The quantitative estimate of drug-likeness (QED) is 0.635. The number of nitrogens with zero attached hydrogens (tertiary/aromatic N) is 1. The van der Waals surface area contributed by atoms with Crippen molar-refractivity contribution < 1.29 is 9.90 Å². The van der Waals surface area contributed by atoms with Crippen LogP contribution in [0.2, 0.25) is 0 Å². The molecule has 0 aromatic heterocycles. The molecule has 0 heterocycles. The van der Waals surface area contributed by atoms with Crippen molar-refractivity contribution in [3.8, 4) is 5.75 Å². The van der Waals surface area contributed by atoms with Crippen molar-refractivity contribution in [1.82, 2.24) is 0 Å². The molecule has 0 radical (unpaired) electrons. The molecule has 0 aliphatic heterocycles. The summed E-state index contributed by atoms with van der Waals surface area (Å²) in [4.78, 5) is 14.0. The van der Waals surface area contributed by atoms with Crippen molar-refractivity contribution in [2.45, 2.75) is 6.92 Å². The molecule has 0 bridgehead atoms. The van der Waals surface area contributed by atoms with Gasteiger partial charge in [0, 0.05) is 18.7 Å². The van der Waals surface area contributed by atoms with Crippen molar-refractivity contribution in [2.75, 3.05) is 0 Å². The molecule has 3 nitrogen and oxygen atoms in total. The lowest BCUT2D eigenvalue weighted by molar-refractivity contribution is -0.115. The van der Waals surface area contributed by atoms with Gasteiger partial charge in [0.1, 0.15) is 5.75 Å². The van der Waals surface area contributed by atoms with Gasteiger partial charge in [0.25, 0.3) is 0 Å². The first-order valence-corrected chi connectivity index (χ1v) is 3.53. The molecule has 62 valence electrons. The van der Waals surface area contributed by atoms with Crippen LogP contribution in [-0.2, 0) is 4.79 Å². The molecule has 1 aromatic carbocycles. The van der Waals surface area contributed by atoms with E-state index < -0.39 is 0 Å². The average molecular weight is 163 g/mol. The molecule has 0 atom stereocenters. The van der Waals surface area contributed by atoms with Crippen LogP contribution in [0.5, 0.6) is 5.75 Å². The summed E-state index contributed by atoms with van der Waals surface area (Å²) in [6, 6.07) is 6.70. The smallest absolute Gasteiger partial charge is 0.242 e. The summed E-state index contributed by atoms with van der Waals surface area (Å²) in [6.45, 7) is 1.36. The number of benzene rings is 1. The van der Waals surface area contributed by atoms with Crippen LogP contribution < -0.4 is 0 Å². The molecule has 3 heteroatoms. The Hall–Kier alpha value is -1.64. The Morgan fingerprint density at radius 1 is 1.50 bits per heavy atom. The van der Waals surface area contributed by atoms with Gasteiger partial charge in [-0.25, -0.2) is 4.99 Å². The fourth-order valence-corrected chi connectivity index (χ4v) is 0.757. The Morgan fingerprint density at radius 2 is 2.17 bits per heavy atom. The first-order valence-electron chi connectivity index (χ1n) is 3.53. The number of phenolic OH excluding ortho intramolecular Hbond substituents is 1. The van der Waals surface area contributed by atoms with Crippen LogP contribution >= 0.6 is 0 Å². The third-order valence-corrected chi connectivity index (χ3v) is 1.32. The summed E-state index contributed by atoms with van der Waals surface area (Å²) in [5.41, 5.74) is 0.549. The van der Waals surface area contributed by atoms with Gasteiger partial charge in [0.05, 0.1) is 0 Å². The maximum Gasteiger partial charge on any atom is 0.242 e. The Morgan fingerprint density at radius 3 is 2.75 bits per heavy atom. The fourth-order valence-electron chi connectivity index (χ4n) is 0.757. The largest absolute Gasteiger partial charge is 0.507 e. The molecule has 0 unspecified atom stereocenters. The molecule has 1 aromatic rings. The van der Waals surface area contributed by atoms with E-state index >= 15 is 0 Å². The number of aliphatic imine (C=N–C) groups is 1. The highest BCUT2D eigenvalue weighted by molar-refractivity contribution is 5.92. The molecule has 1 rings (SSSR count). The lowest BCUT2D eigenvalue weighted by atomic mass is 10.2. The number of hydrogen-bond donors (Lipinski definition) is 1. The van der Waals surface area contributed by atoms with Gasteiger partial charge in [-0.15, -0.1) is 0 Å². The predicted octanol–water partition coefficient (Wildman–Crippen LogP) is 1.36. The van der Waals surface area contributed by atoms with Crippen molar-refractivity contribution in [3.63, 3.8) is 0 Å². The van der Waals surface area contributed by atoms with Gasteiger partial charge in [0.2, 0.25) is 5.91 Å². The number of carbonyl (C=O) groups excluding carboxylic acids is 1. The fraction of sp³-hybridized carbons (Fsp3) is 0.111. The van der Waals surface area contributed by atoms with E-state index in [1.54, 1.807) is 24.3 Å². The van der Waals surface area contributed by atoms with E-state index in [1.165, 1.54) is 13.1 Å². The summed E-state index contributed by atoms with van der Waals surface area (Å²) in [7, 11) is 0. The second-order valence-corrected chi connectivity index (χ2v) is 2.34. The van der Waals surface area contributed by atoms with E-state index in [-0.39, 0.29) is 11.7 Å². The minimum absolute atomic E-state index is 0.127. The lowest BCUT2D eigenvalue weighted by Gasteiger charge is -1.94. The number of amides is 1. The van der Waals surface area contributed by atoms with Gasteiger partial charge >= 0.3 is 0 Å². The van der Waals surface area contributed by atoms with E-state index in [0.29, 0.717) is 5.56 Å². The molecule has 0 saturated heterocycles. The topological polar surface area (TPSA) is 49.7 Å². The molecular formula is C9H9NO2. The molecule has 0 spiro atoms. The van der Waals surface area contributed by atoms with Gasteiger partial charge < -0.3 is 5.11 Å². The lowest BCUT2D eigenvalue weighted by Crippen LogP contribution is -1.86. The molecular weight excluding hydrogens is 154 g/mol. The monoisotopic (exact) mass is 163 g/mol. The number of para-hydroxylation sites is 1. The zero-order valence-corrected chi connectivity index (χ0v) is 6.69. The van der Waals surface area contributed by atoms with Crippen LogP contribution in [0.25, 0.3) is 0 Å².